The first-order chi connectivity index (χ1) is 9.70. The Labute approximate surface area is 129 Å². The zero-order chi connectivity index (χ0) is 15.8. The Morgan fingerprint density at radius 2 is 1.38 bits per heavy atom. The highest BCUT2D eigenvalue weighted by atomic mass is 14.7. The van der Waals surface area contributed by atoms with Crippen molar-refractivity contribution in [3.8, 4) is 0 Å². The standard InChI is InChI=1S/C20H27N/c1-13-7-8-15(3)19(11-13)20(6,21)12-18-16(4)9-14(2)10-17(18)5/h7-11H,12,21H2,1-6H3. The molecular weight excluding hydrogens is 254 g/mol. The molecule has 0 bridgehead atoms. The third-order valence-electron chi connectivity index (χ3n) is 4.39. The van der Waals surface area contributed by atoms with E-state index in [4.69, 9.17) is 5.73 Å². The molecule has 0 heterocycles. The molecule has 0 aliphatic rings. The van der Waals surface area contributed by atoms with Gasteiger partial charge >= 0.3 is 0 Å². The number of hydrogen-bond acceptors (Lipinski definition) is 1. The lowest BCUT2D eigenvalue weighted by molar-refractivity contribution is 0.486. The molecule has 0 radical (unpaired) electrons. The Balaban J connectivity index is 2.44. The Kier molecular flexibility index (Phi) is 4.25. The molecule has 0 aliphatic carbocycles. The van der Waals surface area contributed by atoms with E-state index in [9.17, 15) is 0 Å². The maximum atomic E-state index is 6.72. The van der Waals surface area contributed by atoms with E-state index in [0.717, 1.165) is 6.42 Å². The van der Waals surface area contributed by atoms with Crippen LogP contribution in [0, 0.1) is 34.6 Å². The molecule has 0 amide bonds. The first kappa shape index (κ1) is 15.8. The summed E-state index contributed by atoms with van der Waals surface area (Å²) in [5.41, 5.74) is 15.5. The quantitative estimate of drug-likeness (QED) is 0.871. The molecule has 1 atom stereocenters. The molecule has 0 aromatic heterocycles. The Morgan fingerprint density at radius 1 is 0.810 bits per heavy atom. The lowest BCUT2D eigenvalue weighted by Gasteiger charge is -2.29. The Morgan fingerprint density at radius 3 is 1.95 bits per heavy atom. The molecule has 0 fully saturated rings. The summed E-state index contributed by atoms with van der Waals surface area (Å²) >= 11 is 0. The van der Waals surface area contributed by atoms with Crippen molar-refractivity contribution >= 4 is 0 Å². The molecular formula is C20H27N. The van der Waals surface area contributed by atoms with Crippen LogP contribution in [0.15, 0.2) is 30.3 Å². The van der Waals surface area contributed by atoms with Crippen molar-refractivity contribution in [1.29, 1.82) is 0 Å². The van der Waals surface area contributed by atoms with E-state index in [1.54, 1.807) is 0 Å². The fourth-order valence-electron chi connectivity index (χ4n) is 3.30. The molecule has 0 saturated carbocycles. The van der Waals surface area contributed by atoms with Gasteiger partial charge in [-0.25, -0.2) is 0 Å². The van der Waals surface area contributed by atoms with E-state index in [0.29, 0.717) is 0 Å². The highest BCUT2D eigenvalue weighted by Crippen LogP contribution is 2.29. The SMILES string of the molecule is Cc1cc(C)c(CC(C)(N)c2cc(C)ccc2C)c(C)c1. The highest BCUT2D eigenvalue weighted by Gasteiger charge is 2.25. The van der Waals surface area contributed by atoms with Crippen LogP contribution in [0.25, 0.3) is 0 Å². The van der Waals surface area contributed by atoms with Gasteiger partial charge in [0.2, 0.25) is 0 Å². The topological polar surface area (TPSA) is 26.0 Å². The lowest BCUT2D eigenvalue weighted by atomic mass is 9.81. The number of aryl methyl sites for hydroxylation is 5. The minimum absolute atomic E-state index is 0.346. The van der Waals surface area contributed by atoms with Crippen molar-refractivity contribution in [2.24, 2.45) is 5.73 Å². The molecule has 1 heteroatoms. The molecule has 2 aromatic rings. The van der Waals surface area contributed by atoms with Gasteiger partial charge in [-0.2, -0.15) is 0 Å². The Bertz CT molecular complexity index is 643. The molecule has 2 rings (SSSR count). The molecule has 0 saturated heterocycles. The summed E-state index contributed by atoms with van der Waals surface area (Å²) in [5.74, 6) is 0. The van der Waals surface area contributed by atoms with Gasteiger partial charge in [0.25, 0.3) is 0 Å². The zero-order valence-corrected chi connectivity index (χ0v) is 14.2. The third kappa shape index (κ3) is 3.36. The molecule has 0 spiro atoms. The summed E-state index contributed by atoms with van der Waals surface area (Å²) in [6.07, 6.45) is 0.870. The number of hydrogen-bond donors (Lipinski definition) is 1. The van der Waals surface area contributed by atoms with Crippen LogP contribution in [-0.4, -0.2) is 0 Å². The van der Waals surface area contributed by atoms with Gasteiger partial charge in [-0.3, -0.25) is 0 Å². The zero-order valence-electron chi connectivity index (χ0n) is 14.2. The van der Waals surface area contributed by atoms with Gasteiger partial charge in [0.1, 0.15) is 0 Å². The predicted octanol–water partition coefficient (Wildman–Crippen LogP) is 4.65. The molecule has 1 unspecified atom stereocenters. The summed E-state index contributed by atoms with van der Waals surface area (Å²) in [4.78, 5) is 0. The monoisotopic (exact) mass is 281 g/mol. The van der Waals surface area contributed by atoms with E-state index in [1.807, 2.05) is 0 Å². The lowest BCUT2D eigenvalue weighted by Crippen LogP contribution is -2.36. The van der Waals surface area contributed by atoms with E-state index in [1.165, 1.54) is 38.9 Å². The van der Waals surface area contributed by atoms with Gasteiger partial charge in [-0.05, 0) is 75.8 Å². The minimum atomic E-state index is -0.346. The van der Waals surface area contributed by atoms with Gasteiger partial charge in [0.05, 0.1) is 0 Å². The fourth-order valence-corrected chi connectivity index (χ4v) is 3.30. The van der Waals surface area contributed by atoms with Gasteiger partial charge in [0.15, 0.2) is 0 Å². The maximum absolute atomic E-state index is 6.72. The Hall–Kier alpha value is -1.60. The van der Waals surface area contributed by atoms with Crippen LogP contribution in [0.3, 0.4) is 0 Å². The second kappa shape index (κ2) is 5.65. The van der Waals surface area contributed by atoms with Crippen molar-refractivity contribution in [2.45, 2.75) is 53.5 Å². The van der Waals surface area contributed by atoms with Crippen molar-refractivity contribution in [1.82, 2.24) is 0 Å². The second-order valence-corrected chi connectivity index (χ2v) is 6.79. The summed E-state index contributed by atoms with van der Waals surface area (Å²) in [6.45, 7) is 12.9. The normalized spacial score (nSPS) is 14.0. The maximum Gasteiger partial charge on any atom is 0.0424 e. The van der Waals surface area contributed by atoms with Crippen molar-refractivity contribution < 1.29 is 0 Å². The largest absolute Gasteiger partial charge is 0.321 e. The minimum Gasteiger partial charge on any atom is -0.321 e. The summed E-state index contributed by atoms with van der Waals surface area (Å²) in [7, 11) is 0. The summed E-state index contributed by atoms with van der Waals surface area (Å²) in [5, 5.41) is 0. The molecule has 1 nitrogen and oxygen atoms in total. The fraction of sp³-hybridized carbons (Fsp3) is 0.400. The van der Waals surface area contributed by atoms with Crippen LogP contribution in [0.2, 0.25) is 0 Å². The number of benzene rings is 2. The third-order valence-corrected chi connectivity index (χ3v) is 4.39. The van der Waals surface area contributed by atoms with Crippen LogP contribution >= 0.6 is 0 Å². The van der Waals surface area contributed by atoms with Crippen LogP contribution in [0.4, 0.5) is 0 Å². The molecule has 112 valence electrons. The van der Waals surface area contributed by atoms with Gasteiger partial charge in [-0.1, -0.05) is 41.5 Å². The number of nitrogens with two attached hydrogens (primary N) is 1. The number of rotatable bonds is 3. The summed E-state index contributed by atoms with van der Waals surface area (Å²) < 4.78 is 0. The van der Waals surface area contributed by atoms with Gasteiger partial charge in [0, 0.05) is 5.54 Å². The molecule has 2 N–H and O–H groups in total. The molecule has 2 aromatic carbocycles. The molecule has 21 heavy (non-hydrogen) atoms. The van der Waals surface area contributed by atoms with Crippen molar-refractivity contribution in [3.63, 3.8) is 0 Å². The van der Waals surface area contributed by atoms with Crippen molar-refractivity contribution in [2.75, 3.05) is 0 Å². The van der Waals surface area contributed by atoms with Gasteiger partial charge in [-0.15, -0.1) is 0 Å². The van der Waals surface area contributed by atoms with Crippen molar-refractivity contribution in [3.05, 3.63) is 69.3 Å². The highest BCUT2D eigenvalue weighted by molar-refractivity contribution is 5.42. The first-order valence-electron chi connectivity index (χ1n) is 7.64. The molecule has 0 aliphatic heterocycles. The van der Waals surface area contributed by atoms with Crippen LogP contribution < -0.4 is 5.73 Å². The average molecular weight is 281 g/mol. The van der Waals surface area contributed by atoms with Crippen LogP contribution in [0.5, 0.6) is 0 Å². The van der Waals surface area contributed by atoms with E-state index < -0.39 is 0 Å². The predicted molar refractivity (Wildman–Crippen MR) is 91.8 cm³/mol. The van der Waals surface area contributed by atoms with Crippen LogP contribution in [0.1, 0.15) is 45.9 Å². The van der Waals surface area contributed by atoms with Gasteiger partial charge < -0.3 is 5.73 Å². The second-order valence-electron chi connectivity index (χ2n) is 6.79. The smallest absolute Gasteiger partial charge is 0.0424 e. The first-order valence-corrected chi connectivity index (χ1v) is 7.64. The van der Waals surface area contributed by atoms with E-state index >= 15 is 0 Å². The average Bonchev–Trinajstić information content (AvgIpc) is 2.36. The summed E-state index contributed by atoms with van der Waals surface area (Å²) in [6, 6.07) is 11.1. The van der Waals surface area contributed by atoms with E-state index in [-0.39, 0.29) is 5.54 Å². The van der Waals surface area contributed by atoms with Crippen LogP contribution in [-0.2, 0) is 12.0 Å². The van der Waals surface area contributed by atoms with E-state index in [2.05, 4.69) is 71.9 Å².